The normalized spacial score (nSPS) is 18.0. The van der Waals surface area contributed by atoms with Crippen LogP contribution < -0.4 is 4.74 Å². The summed E-state index contributed by atoms with van der Waals surface area (Å²) in [6.07, 6.45) is 0.00132. The number of rotatable bonds is 6. The minimum atomic E-state index is -1.04. The lowest BCUT2D eigenvalue weighted by Gasteiger charge is -2.28. The van der Waals surface area contributed by atoms with Crippen molar-refractivity contribution in [3.8, 4) is 11.5 Å². The van der Waals surface area contributed by atoms with E-state index in [1.165, 1.54) is 40.9 Å². The Bertz CT molecular complexity index is 1070. The van der Waals surface area contributed by atoms with Crippen molar-refractivity contribution in [1.29, 1.82) is 0 Å². The first-order valence-electron chi connectivity index (χ1n) is 9.74. The van der Waals surface area contributed by atoms with Gasteiger partial charge in [0.15, 0.2) is 0 Å². The molecule has 1 amide bonds. The van der Waals surface area contributed by atoms with Gasteiger partial charge in [0.05, 0.1) is 6.42 Å². The molecule has 1 aliphatic heterocycles. The minimum absolute atomic E-state index is 0.00132. The van der Waals surface area contributed by atoms with E-state index in [1.807, 2.05) is 54.6 Å². The maximum Gasteiger partial charge on any atom is 0.327 e. The summed E-state index contributed by atoms with van der Waals surface area (Å²) in [7, 11) is 0. The highest BCUT2D eigenvalue weighted by Crippen LogP contribution is 2.42. The molecule has 0 aliphatic carbocycles. The van der Waals surface area contributed by atoms with Crippen LogP contribution in [0.1, 0.15) is 16.5 Å². The van der Waals surface area contributed by atoms with E-state index in [1.54, 1.807) is 0 Å². The largest absolute Gasteiger partial charge is 0.480 e. The van der Waals surface area contributed by atoms with Crippen molar-refractivity contribution in [1.82, 2.24) is 4.90 Å². The van der Waals surface area contributed by atoms with Gasteiger partial charge in [0.2, 0.25) is 5.91 Å². The number of benzene rings is 3. The second kappa shape index (κ2) is 9.22. The number of aliphatic carboxylic acids is 1. The molecule has 1 aliphatic rings. The van der Waals surface area contributed by atoms with E-state index in [0.29, 0.717) is 22.8 Å². The predicted octanol–water partition coefficient (Wildman–Crippen LogP) is 4.89. The Balaban J connectivity index is 1.58. The molecule has 0 saturated carbocycles. The number of carboxylic acid groups (broad SMARTS) is 1. The lowest BCUT2D eigenvalue weighted by Crippen LogP contribution is -2.43. The zero-order valence-corrected chi connectivity index (χ0v) is 17.3. The van der Waals surface area contributed by atoms with Crippen LogP contribution in [0.4, 0.5) is 4.39 Å². The van der Waals surface area contributed by atoms with Crippen LogP contribution in [-0.2, 0) is 16.0 Å². The average molecular weight is 437 g/mol. The molecule has 1 saturated heterocycles. The van der Waals surface area contributed by atoms with Crippen molar-refractivity contribution in [2.75, 3.05) is 5.75 Å². The van der Waals surface area contributed by atoms with Crippen molar-refractivity contribution < 1.29 is 23.8 Å². The smallest absolute Gasteiger partial charge is 0.327 e. The Morgan fingerprint density at radius 3 is 2.42 bits per heavy atom. The summed E-state index contributed by atoms with van der Waals surface area (Å²) in [4.78, 5) is 26.3. The number of para-hydroxylation sites is 1. The van der Waals surface area contributed by atoms with Crippen molar-refractivity contribution in [2.45, 2.75) is 17.8 Å². The van der Waals surface area contributed by atoms with Crippen LogP contribution in [0.5, 0.6) is 11.5 Å². The fourth-order valence-electron chi connectivity index (χ4n) is 3.48. The van der Waals surface area contributed by atoms with Crippen LogP contribution in [0.15, 0.2) is 78.9 Å². The third kappa shape index (κ3) is 4.88. The molecular formula is C24H20FNO4S. The fourth-order valence-corrected chi connectivity index (χ4v) is 4.91. The van der Waals surface area contributed by atoms with E-state index in [9.17, 15) is 19.1 Å². The molecule has 0 bridgehead atoms. The number of carbonyl (C=O) groups excluding carboxylic acids is 1. The van der Waals surface area contributed by atoms with Gasteiger partial charge in [0.25, 0.3) is 0 Å². The number of nitrogens with zero attached hydrogens (tertiary/aromatic N) is 1. The van der Waals surface area contributed by atoms with Gasteiger partial charge >= 0.3 is 5.97 Å². The van der Waals surface area contributed by atoms with Gasteiger partial charge in [-0.2, -0.15) is 0 Å². The third-order valence-electron chi connectivity index (χ3n) is 4.96. The molecule has 2 atom stereocenters. The number of carbonyl (C=O) groups is 2. The highest BCUT2D eigenvalue weighted by molar-refractivity contribution is 7.99. The average Bonchev–Trinajstić information content (AvgIpc) is 3.22. The summed E-state index contributed by atoms with van der Waals surface area (Å²) in [5, 5.41) is 9.22. The first-order chi connectivity index (χ1) is 15.0. The number of thioether (sulfide) groups is 1. The van der Waals surface area contributed by atoms with Crippen LogP contribution >= 0.6 is 11.8 Å². The standard InChI is InChI=1S/C24H20FNO4S/c25-18-11-9-16(10-12-18)13-22(27)26-21(24(28)29)15-31-23(26)17-5-4-8-20(14-17)30-19-6-2-1-3-7-19/h1-12,14,21,23H,13,15H2,(H,28,29). The van der Waals surface area contributed by atoms with Gasteiger partial charge in [-0.05, 0) is 47.5 Å². The maximum absolute atomic E-state index is 13.2. The Morgan fingerprint density at radius 2 is 1.71 bits per heavy atom. The van der Waals surface area contributed by atoms with E-state index < -0.39 is 17.4 Å². The fraction of sp³-hybridized carbons (Fsp3) is 0.167. The second-order valence-electron chi connectivity index (χ2n) is 7.13. The quantitative estimate of drug-likeness (QED) is 0.595. The molecule has 4 rings (SSSR count). The van der Waals surface area contributed by atoms with Gasteiger partial charge in [0, 0.05) is 5.75 Å². The van der Waals surface area contributed by atoms with E-state index in [4.69, 9.17) is 4.74 Å². The van der Waals surface area contributed by atoms with E-state index in [0.717, 1.165) is 5.56 Å². The monoisotopic (exact) mass is 437 g/mol. The number of carboxylic acids is 1. The Morgan fingerprint density at radius 1 is 1.00 bits per heavy atom. The Labute approximate surface area is 183 Å². The van der Waals surface area contributed by atoms with Crippen molar-refractivity contribution in [3.63, 3.8) is 0 Å². The molecule has 3 aromatic carbocycles. The molecule has 1 fully saturated rings. The van der Waals surface area contributed by atoms with Crippen molar-refractivity contribution in [3.05, 3.63) is 95.8 Å². The lowest BCUT2D eigenvalue weighted by molar-refractivity contribution is -0.148. The maximum atomic E-state index is 13.2. The highest BCUT2D eigenvalue weighted by Gasteiger charge is 2.42. The van der Waals surface area contributed by atoms with Gasteiger partial charge in [-0.25, -0.2) is 9.18 Å². The molecule has 0 aromatic heterocycles. The van der Waals surface area contributed by atoms with Gasteiger partial charge in [0.1, 0.15) is 28.7 Å². The van der Waals surface area contributed by atoms with E-state index >= 15 is 0 Å². The van der Waals surface area contributed by atoms with Crippen molar-refractivity contribution >= 4 is 23.6 Å². The van der Waals surface area contributed by atoms with Gasteiger partial charge in [-0.15, -0.1) is 11.8 Å². The summed E-state index contributed by atoms with van der Waals surface area (Å²) in [6.45, 7) is 0. The Hall–Kier alpha value is -3.32. The third-order valence-corrected chi connectivity index (χ3v) is 6.29. The van der Waals surface area contributed by atoms with Crippen LogP contribution in [0.3, 0.4) is 0 Å². The second-order valence-corrected chi connectivity index (χ2v) is 8.24. The van der Waals surface area contributed by atoms with Gasteiger partial charge in [-0.3, -0.25) is 4.79 Å². The van der Waals surface area contributed by atoms with E-state index in [2.05, 4.69) is 0 Å². The molecule has 2 unspecified atom stereocenters. The van der Waals surface area contributed by atoms with Crippen LogP contribution in [0, 0.1) is 5.82 Å². The molecule has 31 heavy (non-hydrogen) atoms. The molecule has 7 heteroatoms. The topological polar surface area (TPSA) is 66.8 Å². The molecule has 5 nitrogen and oxygen atoms in total. The zero-order chi connectivity index (χ0) is 21.8. The molecule has 0 spiro atoms. The summed E-state index contributed by atoms with van der Waals surface area (Å²) in [5.74, 6) is -0.161. The zero-order valence-electron chi connectivity index (χ0n) is 16.5. The summed E-state index contributed by atoms with van der Waals surface area (Å²) in [5.41, 5.74) is 1.42. The molecular weight excluding hydrogens is 417 g/mol. The molecule has 0 radical (unpaired) electrons. The summed E-state index contributed by atoms with van der Waals surface area (Å²) >= 11 is 1.41. The number of hydrogen-bond acceptors (Lipinski definition) is 4. The van der Waals surface area contributed by atoms with Gasteiger partial charge < -0.3 is 14.7 Å². The van der Waals surface area contributed by atoms with Crippen LogP contribution in [0.2, 0.25) is 0 Å². The number of hydrogen-bond donors (Lipinski definition) is 1. The lowest BCUT2D eigenvalue weighted by atomic mass is 10.1. The molecule has 158 valence electrons. The number of ether oxygens (including phenoxy) is 1. The van der Waals surface area contributed by atoms with Crippen LogP contribution in [-0.4, -0.2) is 33.7 Å². The molecule has 1 heterocycles. The highest BCUT2D eigenvalue weighted by atomic mass is 32.2. The number of amides is 1. The van der Waals surface area contributed by atoms with E-state index in [-0.39, 0.29) is 18.1 Å². The molecule has 3 aromatic rings. The SMILES string of the molecule is O=C(O)C1CSC(c2cccc(Oc3ccccc3)c2)N1C(=O)Cc1ccc(F)cc1. The number of halogens is 1. The van der Waals surface area contributed by atoms with Crippen LogP contribution in [0.25, 0.3) is 0 Å². The Kier molecular flexibility index (Phi) is 6.23. The summed E-state index contributed by atoms with van der Waals surface area (Å²) in [6, 6.07) is 21.4. The molecule has 1 N–H and O–H groups in total. The predicted molar refractivity (Wildman–Crippen MR) is 117 cm³/mol. The van der Waals surface area contributed by atoms with Gasteiger partial charge in [-0.1, -0.05) is 42.5 Å². The first-order valence-corrected chi connectivity index (χ1v) is 10.8. The minimum Gasteiger partial charge on any atom is -0.480 e. The van der Waals surface area contributed by atoms with Crippen molar-refractivity contribution in [2.24, 2.45) is 0 Å². The first kappa shape index (κ1) is 20.9. The summed E-state index contributed by atoms with van der Waals surface area (Å²) < 4.78 is 19.1.